The molecule has 1 aliphatic carbocycles. The van der Waals surface area contributed by atoms with Crippen LogP contribution in [0.3, 0.4) is 0 Å². The van der Waals surface area contributed by atoms with E-state index >= 15 is 0 Å². The van der Waals surface area contributed by atoms with E-state index < -0.39 is 0 Å². The monoisotopic (exact) mass is 282 g/mol. The number of amides is 1. The fourth-order valence-electron chi connectivity index (χ4n) is 2.75. The van der Waals surface area contributed by atoms with Gasteiger partial charge in [0.1, 0.15) is 5.69 Å². The lowest BCUT2D eigenvalue weighted by Gasteiger charge is -2.26. The molecule has 1 aromatic carbocycles. The molecule has 0 spiro atoms. The van der Waals surface area contributed by atoms with Crippen LogP contribution in [0.2, 0.25) is 0 Å². The van der Waals surface area contributed by atoms with Crippen molar-refractivity contribution in [2.24, 2.45) is 5.84 Å². The number of aryl methyl sites for hydroxylation is 1. The number of carbonyl (C=O) groups excluding carboxylic acids is 1. The molecule has 1 atom stereocenters. The molecule has 4 N–H and O–H groups in total. The van der Waals surface area contributed by atoms with Crippen LogP contribution in [-0.4, -0.2) is 10.9 Å². The van der Waals surface area contributed by atoms with Crippen LogP contribution in [0.15, 0.2) is 42.6 Å². The number of aromatic nitrogens is 1. The number of nitrogens with two attached hydrogens (primary N) is 1. The van der Waals surface area contributed by atoms with Crippen molar-refractivity contribution < 1.29 is 4.79 Å². The number of hydrogen-bond donors (Lipinski definition) is 3. The average Bonchev–Trinajstić information content (AvgIpc) is 2.55. The molecule has 5 nitrogen and oxygen atoms in total. The molecule has 5 heteroatoms. The van der Waals surface area contributed by atoms with Gasteiger partial charge in [0, 0.05) is 0 Å². The van der Waals surface area contributed by atoms with Gasteiger partial charge in [-0.1, -0.05) is 24.3 Å². The number of carbonyl (C=O) groups is 1. The molecule has 2 aromatic rings. The van der Waals surface area contributed by atoms with E-state index in [1.807, 2.05) is 12.1 Å². The van der Waals surface area contributed by atoms with E-state index in [-0.39, 0.29) is 11.9 Å². The summed E-state index contributed by atoms with van der Waals surface area (Å²) in [6, 6.07) is 11.8. The number of hydrogen-bond acceptors (Lipinski definition) is 4. The van der Waals surface area contributed by atoms with Crippen molar-refractivity contribution in [1.29, 1.82) is 0 Å². The molecule has 3 rings (SSSR count). The number of benzene rings is 1. The molecule has 0 radical (unpaired) electrons. The number of anilines is 1. The summed E-state index contributed by atoms with van der Waals surface area (Å²) in [4.78, 5) is 16.4. The molecule has 0 saturated carbocycles. The fraction of sp³-hybridized carbons (Fsp3) is 0.250. The van der Waals surface area contributed by atoms with Crippen molar-refractivity contribution in [3.8, 4) is 0 Å². The molecule has 1 aliphatic rings. The van der Waals surface area contributed by atoms with Crippen LogP contribution < -0.4 is 16.6 Å². The van der Waals surface area contributed by atoms with Gasteiger partial charge in [-0.2, -0.15) is 0 Å². The third kappa shape index (κ3) is 2.87. The molecule has 108 valence electrons. The van der Waals surface area contributed by atoms with Crippen molar-refractivity contribution in [1.82, 2.24) is 10.3 Å². The Balaban J connectivity index is 1.76. The van der Waals surface area contributed by atoms with Gasteiger partial charge < -0.3 is 10.7 Å². The van der Waals surface area contributed by atoms with E-state index in [0.29, 0.717) is 11.4 Å². The highest BCUT2D eigenvalue weighted by Gasteiger charge is 2.22. The summed E-state index contributed by atoms with van der Waals surface area (Å²) in [5, 5.41) is 3.08. The molecular weight excluding hydrogens is 264 g/mol. The number of pyridine rings is 1. The standard InChI is InChI=1S/C16H18N4O/c17-20-12-8-9-15(18-10-12)16(21)19-14-7-3-5-11-4-1-2-6-13(11)14/h1-2,4,6,8-10,14,20H,3,5,7,17H2,(H,19,21). The lowest BCUT2D eigenvalue weighted by atomic mass is 9.87. The average molecular weight is 282 g/mol. The summed E-state index contributed by atoms with van der Waals surface area (Å²) >= 11 is 0. The molecule has 1 unspecified atom stereocenters. The number of nitrogen functional groups attached to an aromatic ring is 1. The highest BCUT2D eigenvalue weighted by Crippen LogP contribution is 2.29. The van der Waals surface area contributed by atoms with E-state index in [4.69, 9.17) is 5.84 Å². The first-order valence-corrected chi connectivity index (χ1v) is 7.09. The molecule has 21 heavy (non-hydrogen) atoms. The first kappa shape index (κ1) is 13.6. The lowest BCUT2D eigenvalue weighted by Crippen LogP contribution is -2.31. The minimum absolute atomic E-state index is 0.0663. The van der Waals surface area contributed by atoms with Gasteiger partial charge in [0.25, 0.3) is 5.91 Å². The maximum absolute atomic E-state index is 12.3. The minimum Gasteiger partial charge on any atom is -0.344 e. The van der Waals surface area contributed by atoms with E-state index in [1.54, 1.807) is 18.3 Å². The van der Waals surface area contributed by atoms with Crippen LogP contribution in [-0.2, 0) is 6.42 Å². The first-order valence-electron chi connectivity index (χ1n) is 7.09. The lowest BCUT2D eigenvalue weighted by molar-refractivity contribution is 0.0927. The van der Waals surface area contributed by atoms with E-state index in [2.05, 4.69) is 27.9 Å². The van der Waals surface area contributed by atoms with Crippen LogP contribution in [0.1, 0.15) is 40.5 Å². The maximum atomic E-state index is 12.3. The Morgan fingerprint density at radius 2 is 2.10 bits per heavy atom. The summed E-state index contributed by atoms with van der Waals surface area (Å²) in [6.07, 6.45) is 4.68. The van der Waals surface area contributed by atoms with Gasteiger partial charge in [0.05, 0.1) is 17.9 Å². The third-order valence-corrected chi connectivity index (χ3v) is 3.84. The Bertz CT molecular complexity index is 639. The Kier molecular flexibility index (Phi) is 3.83. The van der Waals surface area contributed by atoms with Crippen molar-refractivity contribution in [3.05, 3.63) is 59.4 Å². The summed E-state index contributed by atoms with van der Waals surface area (Å²) in [6.45, 7) is 0. The predicted octanol–water partition coefficient (Wildman–Crippen LogP) is 2.17. The van der Waals surface area contributed by atoms with Gasteiger partial charge in [-0.25, -0.2) is 4.98 Å². The van der Waals surface area contributed by atoms with Crippen LogP contribution >= 0.6 is 0 Å². The number of nitrogens with zero attached hydrogens (tertiary/aromatic N) is 1. The Labute approximate surface area is 123 Å². The van der Waals surface area contributed by atoms with E-state index in [9.17, 15) is 4.79 Å². The molecular formula is C16H18N4O. The van der Waals surface area contributed by atoms with E-state index in [0.717, 1.165) is 19.3 Å². The molecule has 1 aromatic heterocycles. The third-order valence-electron chi connectivity index (χ3n) is 3.84. The van der Waals surface area contributed by atoms with Gasteiger partial charge in [-0.3, -0.25) is 10.6 Å². The summed E-state index contributed by atoms with van der Waals surface area (Å²) in [5.74, 6) is 5.14. The largest absolute Gasteiger partial charge is 0.344 e. The molecule has 0 aliphatic heterocycles. The number of rotatable bonds is 3. The van der Waals surface area contributed by atoms with Crippen molar-refractivity contribution in [2.75, 3.05) is 5.43 Å². The molecule has 1 heterocycles. The van der Waals surface area contributed by atoms with Gasteiger partial charge in [-0.05, 0) is 42.5 Å². The van der Waals surface area contributed by atoms with Gasteiger partial charge in [-0.15, -0.1) is 0 Å². The van der Waals surface area contributed by atoms with Crippen LogP contribution in [0.5, 0.6) is 0 Å². The second-order valence-electron chi connectivity index (χ2n) is 5.19. The maximum Gasteiger partial charge on any atom is 0.270 e. The highest BCUT2D eigenvalue weighted by atomic mass is 16.1. The molecule has 0 saturated heterocycles. The summed E-state index contributed by atoms with van der Waals surface area (Å²) in [7, 11) is 0. The van der Waals surface area contributed by atoms with Crippen molar-refractivity contribution in [2.45, 2.75) is 25.3 Å². The smallest absolute Gasteiger partial charge is 0.270 e. The SMILES string of the molecule is NNc1ccc(C(=O)NC2CCCc3ccccc32)nc1. The van der Waals surface area contributed by atoms with Gasteiger partial charge in [0.2, 0.25) is 0 Å². The number of hydrazine groups is 1. The zero-order valence-corrected chi connectivity index (χ0v) is 11.7. The summed E-state index contributed by atoms with van der Waals surface area (Å²) < 4.78 is 0. The Morgan fingerprint density at radius 3 is 2.86 bits per heavy atom. The minimum atomic E-state index is -0.153. The molecule has 0 bridgehead atoms. The Morgan fingerprint density at radius 1 is 1.24 bits per heavy atom. The molecule has 1 amide bonds. The number of fused-ring (bicyclic) bond motifs is 1. The van der Waals surface area contributed by atoms with Crippen LogP contribution in [0, 0.1) is 0 Å². The quantitative estimate of drug-likeness (QED) is 0.595. The molecule has 0 fully saturated rings. The van der Waals surface area contributed by atoms with Crippen LogP contribution in [0.4, 0.5) is 5.69 Å². The Hall–Kier alpha value is -2.40. The van der Waals surface area contributed by atoms with E-state index in [1.165, 1.54) is 11.1 Å². The fourth-order valence-corrected chi connectivity index (χ4v) is 2.75. The first-order chi connectivity index (χ1) is 10.3. The topological polar surface area (TPSA) is 80.0 Å². The van der Waals surface area contributed by atoms with Crippen LogP contribution in [0.25, 0.3) is 0 Å². The van der Waals surface area contributed by atoms with Crippen molar-refractivity contribution >= 4 is 11.6 Å². The normalized spacial score (nSPS) is 16.9. The van der Waals surface area contributed by atoms with Gasteiger partial charge in [0.15, 0.2) is 0 Å². The van der Waals surface area contributed by atoms with Crippen molar-refractivity contribution in [3.63, 3.8) is 0 Å². The van der Waals surface area contributed by atoms with Gasteiger partial charge >= 0.3 is 0 Å². The summed E-state index contributed by atoms with van der Waals surface area (Å²) in [5.41, 5.74) is 6.11. The number of nitrogens with one attached hydrogen (secondary N) is 2. The zero-order chi connectivity index (χ0) is 14.7. The highest BCUT2D eigenvalue weighted by molar-refractivity contribution is 5.92. The predicted molar refractivity (Wildman–Crippen MR) is 81.6 cm³/mol. The zero-order valence-electron chi connectivity index (χ0n) is 11.7. The second kappa shape index (κ2) is 5.93. The second-order valence-corrected chi connectivity index (χ2v) is 5.19.